The molecule has 6 heteroatoms. The van der Waals surface area contributed by atoms with Crippen LogP contribution in [0.1, 0.15) is 25.6 Å². The molecule has 22 heavy (non-hydrogen) atoms. The highest BCUT2D eigenvalue weighted by Crippen LogP contribution is 2.17. The standard InChI is InChI=1S/C16H26N2O2S2/c1-12(18-8-13(2)20-14(3)9-18)7-17-16(19)11-21-10-15-5-4-6-22-15/h4-6,12-14H,7-11H2,1-3H3,(H,17,19)/t12-,13-,14-/m1/s1. The normalized spacial score (nSPS) is 24.1. The summed E-state index contributed by atoms with van der Waals surface area (Å²) in [6, 6.07) is 4.51. The van der Waals surface area contributed by atoms with Crippen molar-refractivity contribution in [2.75, 3.05) is 25.4 Å². The summed E-state index contributed by atoms with van der Waals surface area (Å²) >= 11 is 3.41. The molecule has 1 aliphatic heterocycles. The minimum atomic E-state index is 0.128. The van der Waals surface area contributed by atoms with Crippen LogP contribution in [0, 0.1) is 0 Å². The average molecular weight is 343 g/mol. The second kappa shape index (κ2) is 8.91. The van der Waals surface area contributed by atoms with E-state index in [1.807, 2.05) is 6.07 Å². The molecule has 4 nitrogen and oxygen atoms in total. The number of amides is 1. The summed E-state index contributed by atoms with van der Waals surface area (Å²) < 4.78 is 5.75. The Balaban J connectivity index is 1.62. The summed E-state index contributed by atoms with van der Waals surface area (Å²) in [5.74, 6) is 1.57. The molecule has 1 saturated heterocycles. The van der Waals surface area contributed by atoms with Gasteiger partial charge in [0, 0.05) is 36.3 Å². The van der Waals surface area contributed by atoms with E-state index in [4.69, 9.17) is 4.74 Å². The molecule has 1 amide bonds. The van der Waals surface area contributed by atoms with Gasteiger partial charge in [0.05, 0.1) is 18.0 Å². The predicted octanol–water partition coefficient (Wildman–Crippen LogP) is 2.60. The van der Waals surface area contributed by atoms with Crippen molar-refractivity contribution in [1.29, 1.82) is 0 Å². The van der Waals surface area contributed by atoms with Gasteiger partial charge in [0.1, 0.15) is 0 Å². The first-order valence-corrected chi connectivity index (χ1v) is 9.84. The number of rotatable bonds is 7. The summed E-state index contributed by atoms with van der Waals surface area (Å²) in [5.41, 5.74) is 0. The molecule has 1 fully saturated rings. The average Bonchev–Trinajstić information content (AvgIpc) is 2.97. The van der Waals surface area contributed by atoms with Crippen LogP contribution in [0.4, 0.5) is 0 Å². The van der Waals surface area contributed by atoms with Crippen molar-refractivity contribution in [1.82, 2.24) is 10.2 Å². The van der Waals surface area contributed by atoms with E-state index in [2.05, 4.69) is 42.4 Å². The molecule has 1 aromatic heterocycles. The summed E-state index contributed by atoms with van der Waals surface area (Å²) in [6.45, 7) is 8.97. The first-order valence-electron chi connectivity index (χ1n) is 7.81. The Labute approximate surface area is 141 Å². The summed E-state index contributed by atoms with van der Waals surface area (Å²) in [5, 5.41) is 5.12. The van der Waals surface area contributed by atoms with Crippen molar-refractivity contribution in [3.8, 4) is 0 Å². The molecule has 1 aromatic rings. The second-order valence-corrected chi connectivity index (χ2v) is 7.95. The Bertz CT molecular complexity index is 443. The Kier molecular flexibility index (Phi) is 7.21. The molecule has 1 N–H and O–H groups in total. The van der Waals surface area contributed by atoms with Gasteiger partial charge in [-0.3, -0.25) is 9.69 Å². The third-order valence-corrected chi connectivity index (χ3v) is 5.76. The lowest BCUT2D eigenvalue weighted by Gasteiger charge is -2.39. The monoisotopic (exact) mass is 342 g/mol. The van der Waals surface area contributed by atoms with Gasteiger partial charge in [-0.15, -0.1) is 23.1 Å². The number of ether oxygens (including phenoxy) is 1. The lowest BCUT2D eigenvalue weighted by atomic mass is 10.2. The highest BCUT2D eigenvalue weighted by molar-refractivity contribution is 7.99. The molecule has 0 unspecified atom stereocenters. The molecule has 0 radical (unpaired) electrons. The first-order chi connectivity index (χ1) is 10.5. The first kappa shape index (κ1) is 17.8. The lowest BCUT2D eigenvalue weighted by Crippen LogP contribution is -2.52. The molecular formula is C16H26N2O2S2. The van der Waals surface area contributed by atoms with E-state index in [0.717, 1.165) is 18.8 Å². The van der Waals surface area contributed by atoms with Gasteiger partial charge in [0.15, 0.2) is 0 Å². The van der Waals surface area contributed by atoms with Crippen LogP contribution >= 0.6 is 23.1 Å². The van der Waals surface area contributed by atoms with Crippen LogP contribution in [-0.2, 0) is 15.3 Å². The van der Waals surface area contributed by atoms with Crippen LogP contribution in [0.5, 0.6) is 0 Å². The molecule has 0 bridgehead atoms. The molecule has 2 heterocycles. The molecule has 2 rings (SSSR count). The number of carbonyl (C=O) groups excluding carboxylic acids is 1. The second-order valence-electron chi connectivity index (χ2n) is 5.94. The van der Waals surface area contributed by atoms with Crippen molar-refractivity contribution in [2.24, 2.45) is 0 Å². The van der Waals surface area contributed by atoms with Crippen molar-refractivity contribution in [2.45, 2.75) is 44.8 Å². The summed E-state index contributed by atoms with van der Waals surface area (Å²) in [4.78, 5) is 15.6. The lowest BCUT2D eigenvalue weighted by molar-refractivity contribution is -0.119. The Morgan fingerprint density at radius 3 is 2.86 bits per heavy atom. The number of morpholine rings is 1. The summed E-state index contributed by atoms with van der Waals surface area (Å²) in [7, 11) is 0. The van der Waals surface area contributed by atoms with Crippen molar-refractivity contribution in [3.05, 3.63) is 22.4 Å². The van der Waals surface area contributed by atoms with E-state index >= 15 is 0 Å². The van der Waals surface area contributed by atoms with Gasteiger partial charge in [0.25, 0.3) is 0 Å². The summed E-state index contributed by atoms with van der Waals surface area (Å²) in [6.07, 6.45) is 0.534. The Morgan fingerprint density at radius 1 is 1.50 bits per heavy atom. The number of thioether (sulfide) groups is 1. The maximum atomic E-state index is 11.9. The number of hydrogen-bond acceptors (Lipinski definition) is 5. The van der Waals surface area contributed by atoms with E-state index in [9.17, 15) is 4.79 Å². The smallest absolute Gasteiger partial charge is 0.230 e. The van der Waals surface area contributed by atoms with Gasteiger partial charge in [0.2, 0.25) is 5.91 Å². The van der Waals surface area contributed by atoms with Crippen molar-refractivity contribution >= 4 is 29.0 Å². The molecule has 0 saturated carbocycles. The van der Waals surface area contributed by atoms with E-state index < -0.39 is 0 Å². The Hall–Kier alpha value is -0.560. The molecular weight excluding hydrogens is 316 g/mol. The largest absolute Gasteiger partial charge is 0.373 e. The molecule has 124 valence electrons. The molecule has 3 atom stereocenters. The number of hydrogen-bond donors (Lipinski definition) is 1. The van der Waals surface area contributed by atoms with E-state index in [-0.39, 0.29) is 18.1 Å². The fourth-order valence-corrected chi connectivity index (χ4v) is 4.36. The SMILES string of the molecule is C[C@@H]1CN([C@H](C)CNC(=O)CSCc2cccs2)C[C@@H](C)O1. The molecule has 0 aromatic carbocycles. The van der Waals surface area contributed by atoms with E-state index in [1.54, 1.807) is 23.1 Å². The minimum Gasteiger partial charge on any atom is -0.373 e. The van der Waals surface area contributed by atoms with Gasteiger partial charge in [-0.05, 0) is 32.2 Å². The molecule has 0 aliphatic carbocycles. The van der Waals surface area contributed by atoms with Crippen LogP contribution in [0.15, 0.2) is 17.5 Å². The zero-order valence-electron chi connectivity index (χ0n) is 13.6. The highest BCUT2D eigenvalue weighted by atomic mass is 32.2. The van der Waals surface area contributed by atoms with Gasteiger partial charge >= 0.3 is 0 Å². The fraction of sp³-hybridized carbons (Fsp3) is 0.688. The topological polar surface area (TPSA) is 41.6 Å². The number of carbonyl (C=O) groups is 1. The van der Waals surface area contributed by atoms with Gasteiger partial charge in [-0.2, -0.15) is 0 Å². The molecule has 1 aliphatic rings. The van der Waals surface area contributed by atoms with Crippen LogP contribution in [0.25, 0.3) is 0 Å². The van der Waals surface area contributed by atoms with Crippen LogP contribution in [0.2, 0.25) is 0 Å². The quantitative estimate of drug-likeness (QED) is 0.827. The van der Waals surface area contributed by atoms with Crippen molar-refractivity contribution < 1.29 is 9.53 Å². The van der Waals surface area contributed by atoms with Gasteiger partial charge in [-0.1, -0.05) is 6.07 Å². The maximum absolute atomic E-state index is 11.9. The van der Waals surface area contributed by atoms with Gasteiger partial charge in [-0.25, -0.2) is 0 Å². The van der Waals surface area contributed by atoms with E-state index in [0.29, 0.717) is 18.3 Å². The number of nitrogens with one attached hydrogen (secondary N) is 1. The third kappa shape index (κ3) is 5.91. The third-order valence-electron chi connectivity index (χ3n) is 3.72. The van der Waals surface area contributed by atoms with Crippen LogP contribution in [-0.4, -0.2) is 54.4 Å². The number of nitrogens with zero attached hydrogens (tertiary/aromatic N) is 1. The molecule has 0 spiro atoms. The highest BCUT2D eigenvalue weighted by Gasteiger charge is 2.25. The maximum Gasteiger partial charge on any atom is 0.230 e. The predicted molar refractivity (Wildman–Crippen MR) is 94.5 cm³/mol. The number of thiophene rings is 1. The zero-order chi connectivity index (χ0) is 15.9. The van der Waals surface area contributed by atoms with Crippen LogP contribution < -0.4 is 5.32 Å². The minimum absolute atomic E-state index is 0.128. The fourth-order valence-electron chi connectivity index (χ4n) is 2.66. The Morgan fingerprint density at radius 2 is 2.23 bits per heavy atom. The van der Waals surface area contributed by atoms with Crippen molar-refractivity contribution in [3.63, 3.8) is 0 Å². The van der Waals surface area contributed by atoms with Crippen LogP contribution in [0.3, 0.4) is 0 Å². The van der Waals surface area contributed by atoms with Gasteiger partial charge < -0.3 is 10.1 Å². The zero-order valence-corrected chi connectivity index (χ0v) is 15.2. The van der Waals surface area contributed by atoms with E-state index in [1.165, 1.54) is 4.88 Å².